The van der Waals surface area contributed by atoms with Gasteiger partial charge in [-0.15, -0.1) is 0 Å². The average molecular weight is 517 g/mol. The van der Waals surface area contributed by atoms with Gasteiger partial charge in [-0.3, -0.25) is 9.59 Å². The third-order valence-corrected chi connectivity index (χ3v) is 7.50. The summed E-state index contributed by atoms with van der Waals surface area (Å²) in [6.45, 7) is 0.747. The van der Waals surface area contributed by atoms with E-state index in [9.17, 15) is 18.0 Å². The number of rotatable bonds is 17. The third kappa shape index (κ3) is 13.4. The van der Waals surface area contributed by atoms with Crippen molar-refractivity contribution < 1.29 is 22.7 Å². The second-order valence-corrected chi connectivity index (χ2v) is 11.7. The summed E-state index contributed by atoms with van der Waals surface area (Å²) in [5, 5.41) is 2.95. The molecule has 2 aromatic carbocycles. The molecule has 8 heteroatoms. The van der Waals surface area contributed by atoms with Crippen molar-refractivity contribution in [3.63, 3.8) is 0 Å². The lowest BCUT2D eigenvalue weighted by Crippen LogP contribution is -2.43. The van der Waals surface area contributed by atoms with Crippen LogP contribution in [-0.2, 0) is 37.2 Å². The predicted octanol–water partition coefficient (Wildman–Crippen LogP) is 3.77. The molecule has 0 bridgehead atoms. The van der Waals surface area contributed by atoms with E-state index in [1.807, 2.05) is 79.7 Å². The summed E-state index contributed by atoms with van der Waals surface area (Å²) in [4.78, 5) is 26.6. The van der Waals surface area contributed by atoms with Gasteiger partial charge in [-0.2, -0.15) is 0 Å². The summed E-state index contributed by atoms with van der Waals surface area (Å²) in [6, 6.07) is 18.8. The van der Waals surface area contributed by atoms with Crippen LogP contribution in [0.1, 0.15) is 49.7 Å². The van der Waals surface area contributed by atoms with Crippen molar-refractivity contribution in [2.75, 3.05) is 32.1 Å². The first-order valence-electron chi connectivity index (χ1n) is 12.6. The highest BCUT2D eigenvalue weighted by molar-refractivity contribution is 7.91. The molecule has 0 fully saturated rings. The molecule has 1 atom stereocenters. The van der Waals surface area contributed by atoms with Crippen molar-refractivity contribution in [2.24, 2.45) is 0 Å². The quantitative estimate of drug-likeness (QED) is 0.254. The van der Waals surface area contributed by atoms with E-state index in [2.05, 4.69) is 5.32 Å². The monoisotopic (exact) mass is 516 g/mol. The number of nitrogens with one attached hydrogen (secondary N) is 1. The Hall–Kier alpha value is -2.71. The Kier molecular flexibility index (Phi) is 13.2. The molecule has 0 heterocycles. The molecular weight excluding hydrogens is 476 g/mol. The Bertz CT molecular complexity index is 1010. The molecule has 0 aliphatic heterocycles. The molecule has 7 nitrogen and oxygen atoms in total. The number of benzene rings is 2. The Morgan fingerprint density at radius 2 is 1.47 bits per heavy atom. The van der Waals surface area contributed by atoms with Crippen LogP contribution in [0.3, 0.4) is 0 Å². The molecule has 0 saturated carbocycles. The van der Waals surface area contributed by atoms with Crippen molar-refractivity contribution >= 4 is 21.7 Å². The van der Waals surface area contributed by atoms with Gasteiger partial charge in [-0.25, -0.2) is 8.42 Å². The Morgan fingerprint density at radius 1 is 0.861 bits per heavy atom. The molecule has 0 aromatic heterocycles. The van der Waals surface area contributed by atoms with E-state index < -0.39 is 9.84 Å². The SMILES string of the molecule is CN(C)C[C@@H](CC(=O)OCc1ccccc1)NC(=O)CCCCCCS(=O)(=O)CCc1ccccc1. The maximum absolute atomic E-state index is 12.4. The molecule has 2 rings (SSSR count). The molecule has 0 aliphatic carbocycles. The van der Waals surface area contributed by atoms with Gasteiger partial charge in [0.2, 0.25) is 5.91 Å². The molecule has 2 aromatic rings. The van der Waals surface area contributed by atoms with E-state index in [0.717, 1.165) is 24.0 Å². The highest BCUT2D eigenvalue weighted by atomic mass is 32.2. The average Bonchev–Trinajstić information content (AvgIpc) is 2.84. The number of amides is 1. The lowest BCUT2D eigenvalue weighted by molar-refractivity contribution is -0.145. The molecule has 0 saturated heterocycles. The standard InChI is InChI=1S/C28H40N2O5S/c1-30(2)22-26(21-28(32)35-23-25-15-9-6-10-16-25)29-27(31)17-11-3-4-12-19-36(33,34)20-18-24-13-7-5-8-14-24/h5-10,13-16,26H,3-4,11-12,17-23H2,1-2H3,(H,29,31)/t26-/m1/s1. The van der Waals surface area contributed by atoms with Crippen molar-refractivity contribution in [2.45, 2.75) is 57.6 Å². The summed E-state index contributed by atoms with van der Waals surface area (Å²) >= 11 is 0. The number of aryl methyl sites for hydroxylation is 1. The van der Waals surface area contributed by atoms with Crippen LogP contribution in [0.15, 0.2) is 60.7 Å². The molecule has 198 valence electrons. The molecule has 0 spiro atoms. The summed E-state index contributed by atoms with van der Waals surface area (Å²) in [7, 11) is 0.710. The summed E-state index contributed by atoms with van der Waals surface area (Å²) < 4.78 is 29.9. The topological polar surface area (TPSA) is 92.8 Å². The first-order chi connectivity index (χ1) is 17.2. The van der Waals surface area contributed by atoms with Gasteiger partial charge in [0.1, 0.15) is 6.61 Å². The second kappa shape index (κ2) is 16.1. The number of unbranched alkanes of at least 4 members (excludes halogenated alkanes) is 3. The van der Waals surface area contributed by atoms with Gasteiger partial charge >= 0.3 is 5.97 Å². The summed E-state index contributed by atoms with van der Waals surface area (Å²) in [5.41, 5.74) is 1.95. The molecule has 36 heavy (non-hydrogen) atoms. The van der Waals surface area contributed by atoms with Gasteiger partial charge in [-0.05, 0) is 44.5 Å². The zero-order valence-corrected chi connectivity index (χ0v) is 22.3. The van der Waals surface area contributed by atoms with E-state index >= 15 is 0 Å². The summed E-state index contributed by atoms with van der Waals surface area (Å²) in [6.07, 6.45) is 3.85. The van der Waals surface area contributed by atoms with Gasteiger partial charge in [0, 0.05) is 13.0 Å². The van der Waals surface area contributed by atoms with Gasteiger partial charge in [0.15, 0.2) is 9.84 Å². The minimum Gasteiger partial charge on any atom is -0.461 e. The summed E-state index contributed by atoms with van der Waals surface area (Å²) in [5.74, 6) is -0.102. The number of carbonyl (C=O) groups excluding carboxylic acids is 2. The number of esters is 1. The second-order valence-electron chi connectivity index (χ2n) is 9.43. The fourth-order valence-corrected chi connectivity index (χ4v) is 5.28. The highest BCUT2D eigenvalue weighted by Gasteiger charge is 2.18. The van der Waals surface area contributed by atoms with Gasteiger partial charge in [0.25, 0.3) is 0 Å². The van der Waals surface area contributed by atoms with Crippen LogP contribution in [0.2, 0.25) is 0 Å². The van der Waals surface area contributed by atoms with Crippen molar-refractivity contribution in [3.8, 4) is 0 Å². The highest BCUT2D eigenvalue weighted by Crippen LogP contribution is 2.09. The van der Waals surface area contributed by atoms with Gasteiger partial charge in [0.05, 0.1) is 24.0 Å². The van der Waals surface area contributed by atoms with Gasteiger partial charge < -0.3 is 15.0 Å². The fourth-order valence-electron chi connectivity index (χ4n) is 3.88. The minimum atomic E-state index is -3.07. The Labute approximate surface area is 216 Å². The number of carbonyl (C=O) groups is 2. The molecule has 0 aliphatic rings. The van der Waals surface area contributed by atoms with Crippen LogP contribution in [-0.4, -0.2) is 63.4 Å². The van der Waals surface area contributed by atoms with E-state index in [1.54, 1.807) is 0 Å². The smallest absolute Gasteiger partial charge is 0.308 e. The Morgan fingerprint density at radius 3 is 2.11 bits per heavy atom. The molecule has 1 amide bonds. The lowest BCUT2D eigenvalue weighted by atomic mass is 10.1. The minimum absolute atomic E-state index is 0.104. The lowest BCUT2D eigenvalue weighted by Gasteiger charge is -2.22. The van der Waals surface area contributed by atoms with Crippen LogP contribution in [0.25, 0.3) is 0 Å². The molecule has 0 radical (unpaired) electrons. The molecular formula is C28H40N2O5S. The number of sulfone groups is 1. The Balaban J connectivity index is 1.62. The zero-order chi connectivity index (χ0) is 26.2. The van der Waals surface area contributed by atoms with E-state index in [1.165, 1.54) is 0 Å². The van der Waals surface area contributed by atoms with E-state index in [-0.39, 0.29) is 42.5 Å². The van der Waals surface area contributed by atoms with Crippen molar-refractivity contribution in [3.05, 3.63) is 71.8 Å². The van der Waals surface area contributed by atoms with Crippen LogP contribution >= 0.6 is 0 Å². The van der Waals surface area contributed by atoms with Gasteiger partial charge in [-0.1, -0.05) is 73.5 Å². The van der Waals surface area contributed by atoms with E-state index in [4.69, 9.17) is 4.74 Å². The molecule has 1 N–H and O–H groups in total. The van der Waals surface area contributed by atoms with Crippen LogP contribution in [0.4, 0.5) is 0 Å². The van der Waals surface area contributed by atoms with E-state index in [0.29, 0.717) is 32.2 Å². The number of hydrogen-bond donors (Lipinski definition) is 1. The third-order valence-electron chi connectivity index (χ3n) is 5.76. The van der Waals surface area contributed by atoms with Crippen molar-refractivity contribution in [1.29, 1.82) is 0 Å². The van der Waals surface area contributed by atoms with Crippen LogP contribution < -0.4 is 5.32 Å². The fraction of sp³-hybridized carbons (Fsp3) is 0.500. The zero-order valence-electron chi connectivity index (χ0n) is 21.5. The largest absolute Gasteiger partial charge is 0.461 e. The number of hydrogen-bond acceptors (Lipinski definition) is 6. The van der Waals surface area contributed by atoms with Crippen molar-refractivity contribution in [1.82, 2.24) is 10.2 Å². The first kappa shape index (κ1) is 29.5. The first-order valence-corrected chi connectivity index (χ1v) is 14.4. The van der Waals surface area contributed by atoms with Crippen LogP contribution in [0.5, 0.6) is 0 Å². The number of nitrogens with zero attached hydrogens (tertiary/aromatic N) is 1. The maximum Gasteiger partial charge on any atom is 0.308 e. The normalized spacial score (nSPS) is 12.3. The predicted molar refractivity (Wildman–Crippen MR) is 143 cm³/mol. The molecule has 0 unspecified atom stereocenters. The maximum atomic E-state index is 12.4. The number of ether oxygens (including phenoxy) is 1. The number of likely N-dealkylation sites (N-methyl/N-ethyl adjacent to an activating group) is 1. The van der Waals surface area contributed by atoms with Crippen LogP contribution in [0, 0.1) is 0 Å².